The van der Waals surface area contributed by atoms with Crippen LogP contribution in [-0.4, -0.2) is 10.2 Å². The minimum atomic E-state index is -0.473. The fraction of sp³-hybridized carbons (Fsp3) is 0.0556. The number of hydrogen-bond acceptors (Lipinski definition) is 6. The molecule has 4 rings (SSSR count). The molecule has 25 heavy (non-hydrogen) atoms. The average Bonchev–Trinajstić information content (AvgIpc) is 3.08. The van der Waals surface area contributed by atoms with E-state index in [1.807, 2.05) is 36.4 Å². The van der Waals surface area contributed by atoms with E-state index in [-0.39, 0.29) is 6.61 Å². The van der Waals surface area contributed by atoms with Gasteiger partial charge in [0.15, 0.2) is 6.61 Å². The molecule has 0 aliphatic heterocycles. The van der Waals surface area contributed by atoms with E-state index in [0.29, 0.717) is 28.5 Å². The molecule has 2 aromatic heterocycles. The van der Waals surface area contributed by atoms with Crippen LogP contribution in [0.5, 0.6) is 5.75 Å². The molecule has 0 aliphatic carbocycles. The summed E-state index contributed by atoms with van der Waals surface area (Å²) in [6, 6.07) is 16.2. The highest BCUT2D eigenvalue weighted by Gasteiger charge is 2.13. The highest BCUT2D eigenvalue weighted by Crippen LogP contribution is 2.26. The largest absolute Gasteiger partial charge is 0.483 e. The molecule has 124 valence electrons. The summed E-state index contributed by atoms with van der Waals surface area (Å²) in [6.07, 6.45) is 0. The van der Waals surface area contributed by atoms with Crippen molar-refractivity contribution in [3.8, 4) is 17.2 Å². The van der Waals surface area contributed by atoms with Gasteiger partial charge in [-0.05, 0) is 46.9 Å². The lowest BCUT2D eigenvalue weighted by atomic mass is 10.2. The molecular weight excluding hydrogens is 435 g/mol. The Balaban J connectivity index is 1.59. The normalized spacial score (nSPS) is 10.9. The highest BCUT2D eigenvalue weighted by molar-refractivity contribution is 14.1. The van der Waals surface area contributed by atoms with Crippen molar-refractivity contribution >= 4 is 33.6 Å². The topological polar surface area (TPSA) is 78.4 Å². The van der Waals surface area contributed by atoms with E-state index in [1.54, 1.807) is 12.1 Å². The van der Waals surface area contributed by atoms with Gasteiger partial charge in [-0.1, -0.05) is 24.3 Å². The predicted octanol–water partition coefficient (Wildman–Crippen LogP) is 4.03. The molecule has 0 bridgehead atoms. The van der Waals surface area contributed by atoms with Crippen molar-refractivity contribution < 1.29 is 13.6 Å². The molecule has 2 heterocycles. The highest BCUT2D eigenvalue weighted by atomic mass is 127. The van der Waals surface area contributed by atoms with Crippen LogP contribution in [0.4, 0.5) is 0 Å². The molecule has 0 aliphatic rings. The molecule has 0 amide bonds. The van der Waals surface area contributed by atoms with Crippen LogP contribution in [0.2, 0.25) is 0 Å². The minimum Gasteiger partial charge on any atom is -0.483 e. The molecule has 0 saturated heterocycles. The third-order valence-corrected chi connectivity index (χ3v) is 4.47. The Morgan fingerprint density at radius 3 is 2.68 bits per heavy atom. The van der Waals surface area contributed by atoms with Crippen molar-refractivity contribution in [3.05, 3.63) is 74.5 Å². The first-order chi connectivity index (χ1) is 12.2. The standard InChI is InChI=1S/C18H11IN2O4/c19-13-7-3-1-5-11(13)18-21-20-16(25-18)10-23-15-9-17(22)24-14-8-4-2-6-12(14)15/h1-9H,10H2. The summed E-state index contributed by atoms with van der Waals surface area (Å²) in [5, 5.41) is 8.77. The number of ether oxygens (including phenoxy) is 1. The van der Waals surface area contributed by atoms with Crippen LogP contribution in [0.3, 0.4) is 0 Å². The lowest BCUT2D eigenvalue weighted by Crippen LogP contribution is -2.02. The van der Waals surface area contributed by atoms with Crippen LogP contribution < -0.4 is 10.4 Å². The van der Waals surface area contributed by atoms with E-state index in [1.165, 1.54) is 6.07 Å². The third kappa shape index (κ3) is 3.27. The number of halogens is 1. The van der Waals surface area contributed by atoms with E-state index < -0.39 is 5.63 Å². The Morgan fingerprint density at radius 2 is 1.80 bits per heavy atom. The van der Waals surface area contributed by atoms with Crippen molar-refractivity contribution in [2.75, 3.05) is 0 Å². The van der Waals surface area contributed by atoms with E-state index in [0.717, 1.165) is 9.13 Å². The maximum absolute atomic E-state index is 11.6. The van der Waals surface area contributed by atoms with Crippen molar-refractivity contribution in [1.82, 2.24) is 10.2 Å². The van der Waals surface area contributed by atoms with E-state index in [4.69, 9.17) is 13.6 Å². The number of benzene rings is 2. The molecule has 0 radical (unpaired) electrons. The Kier molecular flexibility index (Phi) is 4.22. The predicted molar refractivity (Wildman–Crippen MR) is 99.3 cm³/mol. The van der Waals surface area contributed by atoms with Crippen LogP contribution in [0.1, 0.15) is 5.89 Å². The fourth-order valence-electron chi connectivity index (χ4n) is 2.40. The summed E-state index contributed by atoms with van der Waals surface area (Å²) in [6.45, 7) is 0.0594. The van der Waals surface area contributed by atoms with Crippen LogP contribution in [0, 0.1) is 3.57 Å². The number of para-hydroxylation sites is 1. The van der Waals surface area contributed by atoms with E-state index >= 15 is 0 Å². The smallest absolute Gasteiger partial charge is 0.339 e. The minimum absolute atomic E-state index is 0.0594. The van der Waals surface area contributed by atoms with Crippen LogP contribution in [0.15, 0.2) is 68.2 Å². The zero-order chi connectivity index (χ0) is 17.2. The SMILES string of the molecule is O=c1cc(OCc2nnc(-c3ccccc3I)o2)c2ccccc2o1. The number of fused-ring (bicyclic) bond motifs is 1. The molecule has 7 heteroatoms. The third-order valence-electron chi connectivity index (χ3n) is 3.53. The first-order valence-corrected chi connectivity index (χ1v) is 8.51. The summed E-state index contributed by atoms with van der Waals surface area (Å²) < 4.78 is 17.5. The van der Waals surface area contributed by atoms with Gasteiger partial charge in [-0.2, -0.15) is 0 Å². The van der Waals surface area contributed by atoms with Gasteiger partial charge in [0, 0.05) is 3.57 Å². The summed E-state index contributed by atoms with van der Waals surface area (Å²) in [7, 11) is 0. The summed E-state index contributed by atoms with van der Waals surface area (Å²) in [4.78, 5) is 11.6. The van der Waals surface area contributed by atoms with Gasteiger partial charge >= 0.3 is 5.63 Å². The zero-order valence-corrected chi connectivity index (χ0v) is 15.0. The molecular formula is C18H11IN2O4. The second kappa shape index (κ2) is 6.67. The van der Waals surface area contributed by atoms with Gasteiger partial charge in [0.2, 0.25) is 5.89 Å². The molecule has 0 saturated carbocycles. The van der Waals surface area contributed by atoms with E-state index in [2.05, 4.69) is 32.8 Å². The van der Waals surface area contributed by atoms with Crippen molar-refractivity contribution in [1.29, 1.82) is 0 Å². The second-order valence-electron chi connectivity index (χ2n) is 5.20. The first-order valence-electron chi connectivity index (χ1n) is 7.44. The van der Waals surface area contributed by atoms with Crippen molar-refractivity contribution in [3.63, 3.8) is 0 Å². The Morgan fingerprint density at radius 1 is 1.00 bits per heavy atom. The fourth-order valence-corrected chi connectivity index (χ4v) is 3.01. The van der Waals surface area contributed by atoms with Gasteiger partial charge in [-0.3, -0.25) is 0 Å². The van der Waals surface area contributed by atoms with Crippen molar-refractivity contribution in [2.45, 2.75) is 6.61 Å². The van der Waals surface area contributed by atoms with Gasteiger partial charge < -0.3 is 13.6 Å². The number of hydrogen-bond donors (Lipinski definition) is 0. The summed E-state index contributed by atoms with van der Waals surface area (Å²) >= 11 is 2.21. The van der Waals surface area contributed by atoms with Gasteiger partial charge in [-0.15, -0.1) is 10.2 Å². The Hall–Kier alpha value is -2.68. The first kappa shape index (κ1) is 15.8. The maximum atomic E-state index is 11.6. The van der Waals surface area contributed by atoms with Crippen molar-refractivity contribution in [2.24, 2.45) is 0 Å². The molecule has 4 aromatic rings. The maximum Gasteiger partial charge on any atom is 0.339 e. The molecule has 2 aromatic carbocycles. The molecule has 0 fully saturated rings. The molecule has 0 spiro atoms. The molecule has 0 atom stereocenters. The van der Waals surface area contributed by atoms with Crippen LogP contribution in [-0.2, 0) is 6.61 Å². The number of aromatic nitrogens is 2. The van der Waals surface area contributed by atoms with Gasteiger partial charge in [0.1, 0.15) is 11.3 Å². The lowest BCUT2D eigenvalue weighted by Gasteiger charge is -2.05. The molecule has 0 N–H and O–H groups in total. The Labute approximate surface area is 155 Å². The van der Waals surface area contributed by atoms with Crippen LogP contribution >= 0.6 is 22.6 Å². The molecule has 0 unspecified atom stereocenters. The molecule has 6 nitrogen and oxygen atoms in total. The number of nitrogens with zero attached hydrogens (tertiary/aromatic N) is 2. The lowest BCUT2D eigenvalue weighted by molar-refractivity contribution is 0.265. The average molecular weight is 446 g/mol. The van der Waals surface area contributed by atoms with Crippen LogP contribution in [0.25, 0.3) is 22.4 Å². The summed E-state index contributed by atoms with van der Waals surface area (Å²) in [5.41, 5.74) is 0.862. The van der Waals surface area contributed by atoms with E-state index in [9.17, 15) is 4.79 Å². The van der Waals surface area contributed by atoms with Gasteiger partial charge in [0.05, 0.1) is 17.0 Å². The van der Waals surface area contributed by atoms with Gasteiger partial charge in [-0.25, -0.2) is 4.79 Å². The monoisotopic (exact) mass is 446 g/mol. The zero-order valence-electron chi connectivity index (χ0n) is 12.8. The van der Waals surface area contributed by atoms with Gasteiger partial charge in [0.25, 0.3) is 5.89 Å². The number of rotatable bonds is 4. The Bertz CT molecular complexity index is 1100. The summed E-state index contributed by atoms with van der Waals surface area (Å²) in [5.74, 6) is 1.17. The second-order valence-corrected chi connectivity index (χ2v) is 6.36. The quantitative estimate of drug-likeness (QED) is 0.348.